The van der Waals surface area contributed by atoms with Crippen molar-refractivity contribution in [1.82, 2.24) is 15.1 Å². The highest BCUT2D eigenvalue weighted by Crippen LogP contribution is 2.26. The number of hydrogen-bond acceptors (Lipinski definition) is 5. The van der Waals surface area contributed by atoms with Crippen LogP contribution in [-0.4, -0.2) is 85.2 Å². The Morgan fingerprint density at radius 2 is 1.77 bits per heavy atom. The molecule has 1 aromatic rings. The molecule has 0 spiro atoms. The average molecular weight is 417 g/mol. The van der Waals surface area contributed by atoms with Crippen molar-refractivity contribution in [2.45, 2.75) is 50.7 Å². The second-order valence-corrected chi connectivity index (χ2v) is 9.06. The number of likely N-dealkylation sites (tertiary alicyclic amines) is 2. The molecule has 1 atom stereocenters. The van der Waals surface area contributed by atoms with Gasteiger partial charge in [-0.25, -0.2) is 0 Å². The van der Waals surface area contributed by atoms with Crippen LogP contribution >= 0.6 is 0 Å². The number of aliphatic hydroxyl groups is 1. The smallest absolute Gasteiger partial charge is 0.253 e. The molecule has 2 heterocycles. The van der Waals surface area contributed by atoms with Gasteiger partial charge in [0.1, 0.15) is 0 Å². The zero-order valence-electron chi connectivity index (χ0n) is 18.6. The molecule has 2 amide bonds. The van der Waals surface area contributed by atoms with Crippen molar-refractivity contribution < 1.29 is 14.7 Å². The van der Waals surface area contributed by atoms with Gasteiger partial charge >= 0.3 is 0 Å². The molecule has 1 unspecified atom stereocenters. The van der Waals surface area contributed by atoms with E-state index in [2.05, 4.69) is 10.2 Å². The number of benzene rings is 1. The van der Waals surface area contributed by atoms with Crippen LogP contribution in [0.4, 0.5) is 5.69 Å². The molecule has 166 valence electrons. The first-order chi connectivity index (χ1) is 14.3. The van der Waals surface area contributed by atoms with Crippen LogP contribution in [0.2, 0.25) is 0 Å². The number of nitrogens with zero attached hydrogens (tertiary/aromatic N) is 3. The van der Waals surface area contributed by atoms with E-state index >= 15 is 0 Å². The van der Waals surface area contributed by atoms with E-state index < -0.39 is 5.60 Å². The van der Waals surface area contributed by atoms with E-state index in [1.54, 1.807) is 6.92 Å². The third-order valence-electron chi connectivity index (χ3n) is 6.35. The van der Waals surface area contributed by atoms with Gasteiger partial charge in [0.15, 0.2) is 0 Å². The van der Waals surface area contributed by atoms with Crippen molar-refractivity contribution in [3.05, 3.63) is 29.8 Å². The number of rotatable bonds is 5. The first kappa shape index (κ1) is 22.6. The monoisotopic (exact) mass is 416 g/mol. The predicted molar refractivity (Wildman–Crippen MR) is 119 cm³/mol. The first-order valence-corrected chi connectivity index (χ1v) is 11.0. The van der Waals surface area contributed by atoms with Crippen molar-refractivity contribution in [2.24, 2.45) is 0 Å². The van der Waals surface area contributed by atoms with E-state index in [1.165, 1.54) is 0 Å². The first-order valence-electron chi connectivity index (χ1n) is 11.0. The van der Waals surface area contributed by atoms with Crippen LogP contribution < -0.4 is 10.2 Å². The van der Waals surface area contributed by atoms with Crippen LogP contribution in [0.25, 0.3) is 0 Å². The van der Waals surface area contributed by atoms with Crippen molar-refractivity contribution in [1.29, 1.82) is 0 Å². The lowest BCUT2D eigenvalue weighted by Crippen LogP contribution is -2.50. The van der Waals surface area contributed by atoms with Gasteiger partial charge in [0.25, 0.3) is 5.91 Å². The number of piperidine rings is 1. The summed E-state index contributed by atoms with van der Waals surface area (Å²) in [5.41, 5.74) is 1.01. The van der Waals surface area contributed by atoms with Crippen LogP contribution in [0.5, 0.6) is 0 Å². The summed E-state index contributed by atoms with van der Waals surface area (Å²) < 4.78 is 0. The zero-order valence-corrected chi connectivity index (χ0v) is 18.6. The van der Waals surface area contributed by atoms with Gasteiger partial charge in [0, 0.05) is 71.0 Å². The lowest BCUT2D eigenvalue weighted by molar-refractivity contribution is -0.120. The van der Waals surface area contributed by atoms with E-state index in [0.717, 1.165) is 38.0 Å². The summed E-state index contributed by atoms with van der Waals surface area (Å²) in [6.07, 6.45) is 3.95. The Balaban J connectivity index is 1.52. The van der Waals surface area contributed by atoms with E-state index in [9.17, 15) is 14.7 Å². The molecule has 7 heteroatoms. The minimum atomic E-state index is -0.759. The van der Waals surface area contributed by atoms with Gasteiger partial charge in [0.05, 0.1) is 5.60 Å². The molecular weight excluding hydrogens is 380 g/mol. The van der Waals surface area contributed by atoms with Crippen molar-refractivity contribution >= 4 is 17.5 Å². The number of nitrogens with one attached hydrogen (secondary N) is 1. The summed E-state index contributed by atoms with van der Waals surface area (Å²) in [7, 11) is 3.96. The molecule has 1 aromatic carbocycles. The van der Waals surface area contributed by atoms with Crippen LogP contribution in [0.15, 0.2) is 24.3 Å². The molecule has 7 nitrogen and oxygen atoms in total. The van der Waals surface area contributed by atoms with Gasteiger partial charge in [-0.2, -0.15) is 0 Å². The quantitative estimate of drug-likeness (QED) is 0.764. The zero-order chi connectivity index (χ0) is 21.7. The molecule has 3 rings (SSSR count). The van der Waals surface area contributed by atoms with Gasteiger partial charge in [-0.1, -0.05) is 0 Å². The summed E-state index contributed by atoms with van der Waals surface area (Å²) in [5.74, 6) is 0.0673. The number of hydrogen-bond donors (Lipinski definition) is 2. The van der Waals surface area contributed by atoms with E-state index in [1.807, 2.05) is 48.2 Å². The second kappa shape index (κ2) is 9.79. The van der Waals surface area contributed by atoms with Crippen LogP contribution in [0.1, 0.15) is 49.4 Å². The second-order valence-electron chi connectivity index (χ2n) is 9.06. The lowest BCUT2D eigenvalue weighted by Gasteiger charge is -2.38. The van der Waals surface area contributed by atoms with Crippen LogP contribution in [0.3, 0.4) is 0 Å². The number of carbonyl (C=O) groups excluding carboxylic acids is 2. The molecule has 0 aromatic heterocycles. The van der Waals surface area contributed by atoms with Gasteiger partial charge in [0.2, 0.25) is 5.91 Å². The Bertz CT molecular complexity index is 728. The predicted octanol–water partition coefficient (Wildman–Crippen LogP) is 1.71. The average Bonchev–Trinajstić information content (AvgIpc) is 2.90. The molecule has 2 N–H and O–H groups in total. The molecule has 0 saturated carbocycles. The summed E-state index contributed by atoms with van der Waals surface area (Å²) in [6, 6.07) is 7.94. The number of amides is 2. The summed E-state index contributed by atoms with van der Waals surface area (Å²) in [4.78, 5) is 30.4. The minimum Gasteiger partial charge on any atom is -0.388 e. The molecule has 0 bridgehead atoms. The molecule has 30 heavy (non-hydrogen) atoms. The molecular formula is C23H36N4O3. The number of anilines is 1. The van der Waals surface area contributed by atoms with E-state index in [4.69, 9.17) is 0 Å². The normalized spacial score (nSPS) is 23.7. The van der Waals surface area contributed by atoms with Crippen LogP contribution in [-0.2, 0) is 4.79 Å². The molecule has 2 fully saturated rings. The fourth-order valence-corrected chi connectivity index (χ4v) is 4.56. The maximum absolute atomic E-state index is 12.9. The highest BCUT2D eigenvalue weighted by molar-refractivity contribution is 5.94. The molecule has 2 aliphatic heterocycles. The topological polar surface area (TPSA) is 76.1 Å². The summed E-state index contributed by atoms with van der Waals surface area (Å²) in [5, 5.41) is 14.2. The largest absolute Gasteiger partial charge is 0.388 e. The fourth-order valence-electron chi connectivity index (χ4n) is 4.56. The highest BCUT2D eigenvalue weighted by atomic mass is 16.3. The van der Waals surface area contributed by atoms with Crippen molar-refractivity contribution in [3.63, 3.8) is 0 Å². The third-order valence-corrected chi connectivity index (χ3v) is 6.35. The number of β-amino-alcohol motifs (C(OH)–C–C–N with tert-alkyl or cyclic N) is 1. The van der Waals surface area contributed by atoms with Gasteiger partial charge in [-0.3, -0.25) is 9.59 Å². The highest BCUT2D eigenvalue weighted by Gasteiger charge is 2.34. The third kappa shape index (κ3) is 5.95. The number of carbonyl (C=O) groups is 2. The molecule has 0 radical (unpaired) electrons. The Morgan fingerprint density at radius 1 is 1.10 bits per heavy atom. The Hall–Kier alpha value is -2.12. The minimum absolute atomic E-state index is 0.0250. The van der Waals surface area contributed by atoms with Gasteiger partial charge in [-0.05, 0) is 56.4 Å². The molecule has 2 aliphatic rings. The maximum atomic E-state index is 12.9. The Kier molecular flexibility index (Phi) is 7.36. The Morgan fingerprint density at radius 3 is 2.37 bits per heavy atom. The van der Waals surface area contributed by atoms with Crippen molar-refractivity contribution in [2.75, 3.05) is 51.7 Å². The van der Waals surface area contributed by atoms with E-state index in [0.29, 0.717) is 38.0 Å². The van der Waals surface area contributed by atoms with Crippen LogP contribution in [0, 0.1) is 0 Å². The summed E-state index contributed by atoms with van der Waals surface area (Å²) >= 11 is 0. The lowest BCUT2D eigenvalue weighted by atomic mass is 9.93. The SMILES string of the molecule is CC(=O)NC1CCN(CC2(O)CCCN(C(=O)c3ccc(N(C)C)cc3)CC2)CC1. The van der Waals surface area contributed by atoms with Crippen molar-refractivity contribution in [3.8, 4) is 0 Å². The standard InChI is InChI=1S/C23H36N4O3/c1-18(28)24-20-9-14-26(15-10-20)17-23(30)11-4-13-27(16-12-23)22(29)19-5-7-21(8-6-19)25(2)3/h5-8,20,30H,4,9-17H2,1-3H3,(H,24,28). The summed E-state index contributed by atoms with van der Waals surface area (Å²) in [6.45, 7) is 5.22. The van der Waals surface area contributed by atoms with Gasteiger partial charge in [-0.15, -0.1) is 0 Å². The van der Waals surface area contributed by atoms with E-state index in [-0.39, 0.29) is 17.9 Å². The maximum Gasteiger partial charge on any atom is 0.253 e. The molecule has 0 aliphatic carbocycles. The molecule has 2 saturated heterocycles. The fraction of sp³-hybridized carbons (Fsp3) is 0.652. The Labute approximate surface area is 180 Å². The van der Waals surface area contributed by atoms with Gasteiger partial charge < -0.3 is 25.1 Å².